The maximum atomic E-state index is 11.9. The van der Waals surface area contributed by atoms with Crippen molar-refractivity contribution in [2.24, 2.45) is 0 Å². The lowest BCUT2D eigenvalue weighted by Crippen LogP contribution is -2.37. The van der Waals surface area contributed by atoms with Crippen LogP contribution in [0.4, 0.5) is 11.5 Å². The molecule has 0 spiro atoms. The van der Waals surface area contributed by atoms with Gasteiger partial charge < -0.3 is 9.64 Å². The second-order valence-electron chi connectivity index (χ2n) is 5.14. The molecule has 1 saturated heterocycles. The molecule has 0 saturated carbocycles. The quantitative estimate of drug-likeness (QED) is 0.491. The highest BCUT2D eigenvalue weighted by molar-refractivity contribution is 5.99. The monoisotopic (exact) mass is 301 g/mol. The number of anilines is 1. The lowest BCUT2D eigenvalue weighted by Gasteiger charge is -2.24. The van der Waals surface area contributed by atoms with Gasteiger partial charge in [-0.15, -0.1) is 0 Å². The summed E-state index contributed by atoms with van der Waals surface area (Å²) in [6.07, 6.45) is 2.80. The molecule has 0 radical (unpaired) electrons. The molecule has 0 amide bonds. The van der Waals surface area contributed by atoms with Crippen molar-refractivity contribution in [2.75, 3.05) is 18.6 Å². The maximum absolute atomic E-state index is 11.9. The molecule has 0 N–H and O–H groups in total. The van der Waals surface area contributed by atoms with E-state index in [1.54, 1.807) is 24.3 Å². The third-order valence-corrected chi connectivity index (χ3v) is 3.95. The smallest absolute Gasteiger partial charge is 0.328 e. The van der Waals surface area contributed by atoms with Gasteiger partial charge in [-0.05, 0) is 18.9 Å². The lowest BCUT2D eigenvalue weighted by molar-refractivity contribution is -0.383. The Labute approximate surface area is 126 Å². The Hall–Kier alpha value is -2.70. The van der Waals surface area contributed by atoms with Gasteiger partial charge in [0.2, 0.25) is 0 Å². The standard InChI is InChI=1S/C15H15N3O4/c1-22-15(19)12-7-4-8-17(12)14-11-6-3-2-5-10(11)13(9-16-14)18(20)21/h2-3,5-6,9,12H,4,7-8H2,1H3/t12-/m0/s1. The minimum atomic E-state index is -0.444. The van der Waals surface area contributed by atoms with Gasteiger partial charge in [0.15, 0.2) is 0 Å². The molecule has 7 nitrogen and oxygen atoms in total. The van der Waals surface area contributed by atoms with Gasteiger partial charge in [0.25, 0.3) is 5.69 Å². The molecule has 1 atom stereocenters. The fourth-order valence-corrected chi connectivity index (χ4v) is 2.94. The highest BCUT2D eigenvalue weighted by Gasteiger charge is 2.34. The number of carbonyl (C=O) groups is 1. The summed E-state index contributed by atoms with van der Waals surface area (Å²) in [4.78, 5) is 28.7. The van der Waals surface area contributed by atoms with Gasteiger partial charge in [0.1, 0.15) is 18.1 Å². The fourth-order valence-electron chi connectivity index (χ4n) is 2.94. The zero-order valence-electron chi connectivity index (χ0n) is 12.1. The predicted molar refractivity (Wildman–Crippen MR) is 80.8 cm³/mol. The van der Waals surface area contributed by atoms with E-state index >= 15 is 0 Å². The molecule has 7 heteroatoms. The molecule has 1 aliphatic rings. The molecule has 1 fully saturated rings. The van der Waals surface area contributed by atoms with Gasteiger partial charge in [0.05, 0.1) is 17.4 Å². The number of benzene rings is 1. The van der Waals surface area contributed by atoms with E-state index in [0.717, 1.165) is 6.42 Å². The van der Waals surface area contributed by atoms with Crippen LogP contribution in [0.3, 0.4) is 0 Å². The van der Waals surface area contributed by atoms with E-state index in [9.17, 15) is 14.9 Å². The Morgan fingerprint density at radius 2 is 2.14 bits per heavy atom. The van der Waals surface area contributed by atoms with Crippen molar-refractivity contribution in [1.82, 2.24) is 4.98 Å². The van der Waals surface area contributed by atoms with Crippen molar-refractivity contribution in [1.29, 1.82) is 0 Å². The molecule has 0 bridgehead atoms. The first-order valence-corrected chi connectivity index (χ1v) is 7.00. The largest absolute Gasteiger partial charge is 0.467 e. The van der Waals surface area contributed by atoms with Crippen molar-refractivity contribution in [2.45, 2.75) is 18.9 Å². The molecule has 0 unspecified atom stereocenters. The Morgan fingerprint density at radius 3 is 2.82 bits per heavy atom. The molecule has 114 valence electrons. The minimum absolute atomic E-state index is 0.0341. The summed E-state index contributed by atoms with van der Waals surface area (Å²) in [5.41, 5.74) is -0.0341. The van der Waals surface area contributed by atoms with Gasteiger partial charge in [-0.3, -0.25) is 10.1 Å². The number of methoxy groups -OCH3 is 1. The number of pyridine rings is 1. The number of ether oxygens (including phenoxy) is 1. The number of nitrogens with zero attached hydrogens (tertiary/aromatic N) is 3. The normalized spacial score (nSPS) is 17.7. The maximum Gasteiger partial charge on any atom is 0.328 e. The summed E-state index contributed by atoms with van der Waals surface area (Å²) >= 11 is 0. The fraction of sp³-hybridized carbons (Fsp3) is 0.333. The second-order valence-corrected chi connectivity index (χ2v) is 5.14. The van der Waals surface area contributed by atoms with Crippen LogP contribution in [-0.2, 0) is 9.53 Å². The summed E-state index contributed by atoms with van der Waals surface area (Å²) in [5.74, 6) is 0.288. The van der Waals surface area contributed by atoms with Gasteiger partial charge in [-0.25, -0.2) is 9.78 Å². The molecule has 22 heavy (non-hydrogen) atoms. The van der Waals surface area contributed by atoms with Gasteiger partial charge in [-0.2, -0.15) is 0 Å². The molecular formula is C15H15N3O4. The zero-order chi connectivity index (χ0) is 15.7. The molecule has 1 aliphatic heterocycles. The summed E-state index contributed by atoms with van der Waals surface area (Å²) < 4.78 is 4.84. The van der Waals surface area contributed by atoms with E-state index in [4.69, 9.17) is 4.74 Å². The van der Waals surface area contributed by atoms with Crippen LogP contribution < -0.4 is 4.90 Å². The first-order chi connectivity index (χ1) is 10.6. The average molecular weight is 301 g/mol. The summed E-state index contributed by atoms with van der Waals surface area (Å²) in [5, 5.41) is 12.3. The second kappa shape index (κ2) is 5.59. The van der Waals surface area contributed by atoms with Crippen LogP contribution in [0.1, 0.15) is 12.8 Å². The number of nitro groups is 1. The third kappa shape index (κ3) is 2.24. The van der Waals surface area contributed by atoms with E-state index in [2.05, 4.69) is 4.98 Å². The average Bonchev–Trinajstić information content (AvgIpc) is 3.02. The van der Waals surface area contributed by atoms with Crippen LogP contribution in [0.15, 0.2) is 30.5 Å². The highest BCUT2D eigenvalue weighted by atomic mass is 16.6. The van der Waals surface area contributed by atoms with Crippen LogP contribution in [0.5, 0.6) is 0 Å². The molecule has 3 rings (SSSR count). The van der Waals surface area contributed by atoms with Crippen molar-refractivity contribution in [3.8, 4) is 0 Å². The van der Waals surface area contributed by atoms with E-state index in [-0.39, 0.29) is 17.7 Å². The molecule has 1 aromatic carbocycles. The SMILES string of the molecule is COC(=O)[C@@H]1CCCN1c1ncc([N+](=O)[O-])c2ccccc12. The van der Waals surface area contributed by atoms with Crippen molar-refractivity contribution in [3.63, 3.8) is 0 Å². The molecule has 0 aliphatic carbocycles. The van der Waals surface area contributed by atoms with Gasteiger partial charge in [-0.1, -0.05) is 18.2 Å². The van der Waals surface area contributed by atoms with E-state index in [1.165, 1.54) is 13.3 Å². The molecule has 2 aromatic rings. The Bertz CT molecular complexity index is 747. The summed E-state index contributed by atoms with van der Waals surface area (Å²) in [6.45, 7) is 0.675. The molecule has 1 aromatic heterocycles. The van der Waals surface area contributed by atoms with Crippen molar-refractivity contribution in [3.05, 3.63) is 40.6 Å². The topological polar surface area (TPSA) is 85.6 Å². The van der Waals surface area contributed by atoms with E-state index in [1.807, 2.05) is 4.90 Å². The number of fused-ring (bicyclic) bond motifs is 1. The number of esters is 1. The number of hydrogen-bond acceptors (Lipinski definition) is 6. The van der Waals surface area contributed by atoms with Crippen LogP contribution in [0.2, 0.25) is 0 Å². The Morgan fingerprint density at radius 1 is 1.41 bits per heavy atom. The Kier molecular flexibility index (Phi) is 3.62. The molecular weight excluding hydrogens is 286 g/mol. The minimum Gasteiger partial charge on any atom is -0.467 e. The number of hydrogen-bond donors (Lipinski definition) is 0. The number of aromatic nitrogens is 1. The summed E-state index contributed by atoms with van der Waals surface area (Å²) in [6, 6.07) is 6.66. The van der Waals surface area contributed by atoms with Crippen LogP contribution in [0.25, 0.3) is 10.8 Å². The lowest BCUT2D eigenvalue weighted by atomic mass is 10.1. The zero-order valence-corrected chi connectivity index (χ0v) is 12.1. The Balaban J connectivity index is 2.14. The third-order valence-electron chi connectivity index (χ3n) is 3.95. The van der Waals surface area contributed by atoms with Gasteiger partial charge >= 0.3 is 5.97 Å². The molecule has 2 heterocycles. The first kappa shape index (κ1) is 14.2. The van der Waals surface area contributed by atoms with Crippen LogP contribution in [-0.4, -0.2) is 35.6 Å². The van der Waals surface area contributed by atoms with Crippen molar-refractivity contribution < 1.29 is 14.5 Å². The highest BCUT2D eigenvalue weighted by Crippen LogP contribution is 2.34. The number of rotatable bonds is 3. The van der Waals surface area contributed by atoms with Crippen LogP contribution in [0, 0.1) is 10.1 Å². The summed E-state index contributed by atoms with van der Waals surface area (Å²) in [7, 11) is 1.36. The van der Waals surface area contributed by atoms with E-state index in [0.29, 0.717) is 29.6 Å². The van der Waals surface area contributed by atoms with Gasteiger partial charge in [0, 0.05) is 11.9 Å². The number of carbonyl (C=O) groups excluding carboxylic acids is 1. The van der Waals surface area contributed by atoms with Crippen molar-refractivity contribution >= 4 is 28.2 Å². The first-order valence-electron chi connectivity index (χ1n) is 7.00. The predicted octanol–water partition coefficient (Wildman–Crippen LogP) is 2.28. The van der Waals surface area contributed by atoms with E-state index < -0.39 is 4.92 Å². The van der Waals surface area contributed by atoms with Crippen LogP contribution >= 0.6 is 0 Å².